The maximum atomic E-state index is 13.5. The highest BCUT2D eigenvalue weighted by atomic mass is 16.2. The lowest BCUT2D eigenvalue weighted by Gasteiger charge is -2.25. The minimum absolute atomic E-state index is 0.0538. The quantitative estimate of drug-likeness (QED) is 0.551. The highest BCUT2D eigenvalue weighted by Crippen LogP contribution is 2.27. The van der Waals surface area contributed by atoms with Crippen molar-refractivity contribution in [2.45, 2.75) is 33.2 Å². The average Bonchev–Trinajstić information content (AvgIpc) is 3.28. The van der Waals surface area contributed by atoms with Gasteiger partial charge in [-0.1, -0.05) is 61.5 Å². The zero-order valence-electron chi connectivity index (χ0n) is 19.5. The minimum Gasteiger partial charge on any atom is -0.341 e. The third-order valence-electron chi connectivity index (χ3n) is 6.36. The van der Waals surface area contributed by atoms with Crippen LogP contribution in [-0.4, -0.2) is 57.3 Å². The Morgan fingerprint density at radius 1 is 1.03 bits per heavy atom. The van der Waals surface area contributed by atoms with Crippen LogP contribution in [0.5, 0.6) is 0 Å². The van der Waals surface area contributed by atoms with Crippen molar-refractivity contribution in [2.24, 2.45) is 5.92 Å². The smallest absolute Gasteiger partial charge is 0.272 e. The van der Waals surface area contributed by atoms with Crippen LogP contribution in [0, 0.1) is 5.92 Å². The summed E-state index contributed by atoms with van der Waals surface area (Å²) < 4.78 is 1.86. The molecule has 2 amide bonds. The van der Waals surface area contributed by atoms with Gasteiger partial charge in [-0.2, -0.15) is 0 Å². The third-order valence-corrected chi connectivity index (χ3v) is 6.36. The highest BCUT2D eigenvalue weighted by molar-refractivity contribution is 5.93. The van der Waals surface area contributed by atoms with Gasteiger partial charge in [0.05, 0.1) is 18.4 Å². The molecule has 1 atom stereocenters. The summed E-state index contributed by atoms with van der Waals surface area (Å²) >= 11 is 0. The number of amides is 2. The van der Waals surface area contributed by atoms with Crippen molar-refractivity contribution in [3.05, 3.63) is 78.4 Å². The fourth-order valence-electron chi connectivity index (χ4n) is 4.65. The number of hydrogen-bond donors (Lipinski definition) is 0. The van der Waals surface area contributed by atoms with Crippen molar-refractivity contribution >= 4 is 11.8 Å². The molecule has 2 heterocycles. The van der Waals surface area contributed by atoms with Crippen LogP contribution < -0.4 is 0 Å². The van der Waals surface area contributed by atoms with Crippen LogP contribution in [0.1, 0.15) is 36.3 Å². The Balaban J connectivity index is 1.64. The lowest BCUT2D eigenvalue weighted by atomic mass is 9.91. The van der Waals surface area contributed by atoms with Gasteiger partial charge in [0.25, 0.3) is 5.91 Å². The molecule has 0 spiro atoms. The second-order valence-corrected chi connectivity index (χ2v) is 8.57. The van der Waals surface area contributed by atoms with Gasteiger partial charge in [0.2, 0.25) is 5.91 Å². The van der Waals surface area contributed by atoms with Gasteiger partial charge < -0.3 is 14.4 Å². The first kappa shape index (κ1) is 22.8. The molecule has 6 heteroatoms. The van der Waals surface area contributed by atoms with E-state index in [2.05, 4.69) is 36.2 Å². The van der Waals surface area contributed by atoms with Gasteiger partial charge in [-0.3, -0.25) is 9.59 Å². The van der Waals surface area contributed by atoms with Crippen molar-refractivity contribution < 1.29 is 9.59 Å². The molecule has 1 aliphatic heterocycles. The van der Waals surface area contributed by atoms with Crippen molar-refractivity contribution in [1.82, 2.24) is 19.4 Å². The molecule has 1 aromatic heterocycles. The topological polar surface area (TPSA) is 58.4 Å². The van der Waals surface area contributed by atoms with E-state index in [1.54, 1.807) is 12.5 Å². The molecule has 0 N–H and O–H groups in total. The van der Waals surface area contributed by atoms with Crippen LogP contribution in [0.15, 0.2) is 67.1 Å². The lowest BCUT2D eigenvalue weighted by Crippen LogP contribution is -2.38. The average molecular weight is 445 g/mol. The van der Waals surface area contributed by atoms with Crippen LogP contribution in [0.3, 0.4) is 0 Å². The summed E-state index contributed by atoms with van der Waals surface area (Å²) in [6.07, 6.45) is 4.81. The summed E-state index contributed by atoms with van der Waals surface area (Å²) in [7, 11) is 0. The van der Waals surface area contributed by atoms with Gasteiger partial charge in [0, 0.05) is 32.7 Å². The van der Waals surface area contributed by atoms with E-state index < -0.39 is 0 Å². The van der Waals surface area contributed by atoms with E-state index in [0.29, 0.717) is 44.8 Å². The van der Waals surface area contributed by atoms with E-state index in [4.69, 9.17) is 0 Å². The van der Waals surface area contributed by atoms with Crippen LogP contribution in [0.4, 0.5) is 0 Å². The highest BCUT2D eigenvalue weighted by Gasteiger charge is 2.33. The largest absolute Gasteiger partial charge is 0.341 e. The van der Waals surface area contributed by atoms with E-state index in [0.717, 1.165) is 23.1 Å². The van der Waals surface area contributed by atoms with Crippen LogP contribution >= 0.6 is 0 Å². The van der Waals surface area contributed by atoms with Gasteiger partial charge >= 0.3 is 0 Å². The molecule has 33 heavy (non-hydrogen) atoms. The molecule has 1 saturated heterocycles. The molecule has 0 aliphatic carbocycles. The Hall–Kier alpha value is -3.41. The predicted molar refractivity (Wildman–Crippen MR) is 130 cm³/mol. The maximum absolute atomic E-state index is 13.5. The van der Waals surface area contributed by atoms with E-state index in [1.165, 1.54) is 0 Å². The molecular weight excluding hydrogens is 412 g/mol. The second kappa shape index (κ2) is 10.5. The Morgan fingerprint density at radius 2 is 1.79 bits per heavy atom. The van der Waals surface area contributed by atoms with E-state index in [-0.39, 0.29) is 17.7 Å². The molecule has 1 fully saturated rings. The number of rotatable bonds is 7. The third kappa shape index (κ3) is 5.00. The zero-order valence-corrected chi connectivity index (χ0v) is 19.5. The number of benzene rings is 2. The molecule has 0 unspecified atom stereocenters. The number of carbonyl (C=O) groups excluding carboxylic acids is 2. The minimum atomic E-state index is -0.286. The van der Waals surface area contributed by atoms with Crippen molar-refractivity contribution in [3.8, 4) is 11.1 Å². The molecule has 4 rings (SSSR count). The van der Waals surface area contributed by atoms with Crippen LogP contribution in [0.2, 0.25) is 0 Å². The fourth-order valence-corrected chi connectivity index (χ4v) is 4.65. The van der Waals surface area contributed by atoms with Crippen LogP contribution in [-0.2, 0) is 17.8 Å². The first-order chi connectivity index (χ1) is 16.1. The number of aromatic nitrogens is 2. The molecular formula is C27H32N4O2. The van der Waals surface area contributed by atoms with E-state index in [1.807, 2.05) is 51.6 Å². The maximum Gasteiger partial charge on any atom is 0.272 e. The van der Waals surface area contributed by atoms with Gasteiger partial charge in [0.15, 0.2) is 0 Å². The zero-order chi connectivity index (χ0) is 23.2. The van der Waals surface area contributed by atoms with Gasteiger partial charge in [-0.25, -0.2) is 4.98 Å². The molecule has 6 nitrogen and oxygen atoms in total. The fraction of sp³-hybridized carbons (Fsp3) is 0.370. The Bertz CT molecular complexity index is 1090. The molecule has 0 saturated carbocycles. The SMILES string of the molecule is CCCN1CCN(C(=O)c2cncn2CC)C[C@@H](Cc2ccccc2-c2ccccc2)C1=O. The molecule has 1 aliphatic rings. The molecule has 172 valence electrons. The summed E-state index contributed by atoms with van der Waals surface area (Å²) in [5.74, 6) is -0.202. The molecule has 0 radical (unpaired) electrons. The number of imidazole rings is 1. The first-order valence-corrected chi connectivity index (χ1v) is 11.8. The molecule has 3 aromatic rings. The van der Waals surface area contributed by atoms with Gasteiger partial charge in [-0.15, -0.1) is 0 Å². The Labute approximate surface area is 195 Å². The Morgan fingerprint density at radius 3 is 2.55 bits per heavy atom. The normalized spacial score (nSPS) is 16.7. The predicted octanol–water partition coefficient (Wildman–Crippen LogP) is 4.12. The molecule has 2 aromatic carbocycles. The summed E-state index contributed by atoms with van der Waals surface area (Å²) in [5, 5.41) is 0. The number of hydrogen-bond acceptors (Lipinski definition) is 3. The monoisotopic (exact) mass is 444 g/mol. The number of aryl methyl sites for hydroxylation is 1. The standard InChI is InChI=1S/C27H32N4O2/c1-3-14-30-15-16-31(27(33)25-18-28-20-29(25)4-2)19-23(26(30)32)17-22-12-8-9-13-24(22)21-10-6-5-7-11-21/h5-13,18,20,23H,3-4,14-17,19H2,1-2H3/t23-/m1/s1. The lowest BCUT2D eigenvalue weighted by molar-refractivity contribution is -0.134. The van der Waals surface area contributed by atoms with Gasteiger partial charge in [-0.05, 0) is 36.5 Å². The van der Waals surface area contributed by atoms with E-state index in [9.17, 15) is 9.59 Å². The first-order valence-electron chi connectivity index (χ1n) is 11.8. The van der Waals surface area contributed by atoms with E-state index >= 15 is 0 Å². The van der Waals surface area contributed by atoms with Gasteiger partial charge in [0.1, 0.15) is 5.69 Å². The second-order valence-electron chi connectivity index (χ2n) is 8.57. The van der Waals surface area contributed by atoms with Crippen LogP contribution in [0.25, 0.3) is 11.1 Å². The number of carbonyl (C=O) groups is 2. The summed E-state index contributed by atoms with van der Waals surface area (Å²) in [6, 6.07) is 18.5. The van der Waals surface area contributed by atoms with Crippen molar-refractivity contribution in [1.29, 1.82) is 0 Å². The number of nitrogens with zero attached hydrogens (tertiary/aromatic N) is 4. The van der Waals surface area contributed by atoms with Crippen molar-refractivity contribution in [3.63, 3.8) is 0 Å². The van der Waals surface area contributed by atoms with Crippen molar-refractivity contribution in [2.75, 3.05) is 26.2 Å². The molecule has 0 bridgehead atoms. The summed E-state index contributed by atoms with van der Waals surface area (Å²) in [5.41, 5.74) is 3.99. The summed E-state index contributed by atoms with van der Waals surface area (Å²) in [4.78, 5) is 34.9. The Kier molecular flexibility index (Phi) is 7.23. The summed E-state index contributed by atoms with van der Waals surface area (Å²) in [6.45, 7) is 6.99.